The van der Waals surface area contributed by atoms with E-state index in [2.05, 4.69) is 55.3 Å². The zero-order valence-electron chi connectivity index (χ0n) is 10.6. The molecule has 16 heavy (non-hydrogen) atoms. The van der Waals surface area contributed by atoms with Crippen LogP contribution < -0.4 is 10.2 Å². The highest BCUT2D eigenvalue weighted by molar-refractivity contribution is 5.47. The number of hydrogen-bond acceptors (Lipinski definition) is 2. The third-order valence-corrected chi connectivity index (χ3v) is 3.39. The highest BCUT2D eigenvalue weighted by Gasteiger charge is 2.22. The Balaban J connectivity index is 2.08. The minimum absolute atomic E-state index is 0.277. The van der Waals surface area contributed by atoms with Gasteiger partial charge in [-0.05, 0) is 39.3 Å². The molecule has 0 unspecified atom stereocenters. The lowest BCUT2D eigenvalue weighted by Crippen LogP contribution is -2.39. The average molecular weight is 218 g/mol. The van der Waals surface area contributed by atoms with Crippen LogP contribution in [0.3, 0.4) is 0 Å². The zero-order valence-corrected chi connectivity index (χ0v) is 10.6. The van der Waals surface area contributed by atoms with Crippen molar-refractivity contribution < 1.29 is 0 Å². The molecule has 1 fully saturated rings. The monoisotopic (exact) mass is 218 g/mol. The van der Waals surface area contributed by atoms with E-state index in [-0.39, 0.29) is 5.54 Å². The quantitative estimate of drug-likeness (QED) is 0.779. The molecule has 2 rings (SSSR count). The van der Waals surface area contributed by atoms with Gasteiger partial charge >= 0.3 is 0 Å². The maximum atomic E-state index is 3.59. The van der Waals surface area contributed by atoms with E-state index in [1.54, 1.807) is 0 Å². The Morgan fingerprint density at radius 2 is 1.81 bits per heavy atom. The SMILES string of the molecule is Cc1ccc(N2CCNC(C)(C)CC2)cc1. The predicted molar refractivity (Wildman–Crippen MR) is 70.1 cm³/mol. The first-order valence-electron chi connectivity index (χ1n) is 6.13. The Hall–Kier alpha value is -1.02. The fourth-order valence-electron chi connectivity index (χ4n) is 2.16. The van der Waals surface area contributed by atoms with Crippen molar-refractivity contribution in [1.82, 2.24) is 5.32 Å². The molecule has 1 heterocycles. The van der Waals surface area contributed by atoms with Crippen molar-refractivity contribution in [3.8, 4) is 0 Å². The van der Waals surface area contributed by atoms with Gasteiger partial charge in [0.05, 0.1) is 0 Å². The van der Waals surface area contributed by atoms with E-state index in [4.69, 9.17) is 0 Å². The summed E-state index contributed by atoms with van der Waals surface area (Å²) in [4.78, 5) is 2.47. The van der Waals surface area contributed by atoms with Gasteiger partial charge in [0, 0.05) is 30.9 Å². The summed E-state index contributed by atoms with van der Waals surface area (Å²) in [5.41, 5.74) is 2.96. The van der Waals surface area contributed by atoms with E-state index < -0.39 is 0 Å². The third kappa shape index (κ3) is 2.76. The van der Waals surface area contributed by atoms with Gasteiger partial charge in [-0.2, -0.15) is 0 Å². The molecule has 0 atom stereocenters. The Morgan fingerprint density at radius 3 is 2.50 bits per heavy atom. The molecule has 0 aliphatic carbocycles. The third-order valence-electron chi connectivity index (χ3n) is 3.39. The molecule has 0 saturated carbocycles. The minimum atomic E-state index is 0.277. The highest BCUT2D eigenvalue weighted by atomic mass is 15.2. The lowest BCUT2D eigenvalue weighted by Gasteiger charge is -2.24. The molecule has 0 amide bonds. The molecule has 0 spiro atoms. The van der Waals surface area contributed by atoms with Gasteiger partial charge in [0.15, 0.2) is 0 Å². The van der Waals surface area contributed by atoms with Crippen LogP contribution >= 0.6 is 0 Å². The van der Waals surface area contributed by atoms with Gasteiger partial charge in [0.1, 0.15) is 0 Å². The van der Waals surface area contributed by atoms with Crippen molar-refractivity contribution in [3.05, 3.63) is 29.8 Å². The summed E-state index contributed by atoms with van der Waals surface area (Å²) in [5.74, 6) is 0. The fraction of sp³-hybridized carbons (Fsp3) is 0.571. The maximum Gasteiger partial charge on any atom is 0.0366 e. The van der Waals surface area contributed by atoms with E-state index in [0.717, 1.165) is 19.6 Å². The van der Waals surface area contributed by atoms with Gasteiger partial charge < -0.3 is 10.2 Å². The molecule has 1 aliphatic rings. The summed E-state index contributed by atoms with van der Waals surface area (Å²) in [6, 6.07) is 8.85. The summed E-state index contributed by atoms with van der Waals surface area (Å²) >= 11 is 0. The molecular formula is C14H22N2. The van der Waals surface area contributed by atoms with E-state index in [1.807, 2.05) is 0 Å². The van der Waals surface area contributed by atoms with Crippen molar-refractivity contribution in [2.75, 3.05) is 24.5 Å². The Labute approximate surface area is 98.7 Å². The van der Waals surface area contributed by atoms with Crippen LogP contribution in [0.5, 0.6) is 0 Å². The summed E-state index contributed by atoms with van der Waals surface area (Å²) in [6.45, 7) is 10.0. The minimum Gasteiger partial charge on any atom is -0.370 e. The number of nitrogens with one attached hydrogen (secondary N) is 1. The second kappa shape index (κ2) is 4.46. The smallest absolute Gasteiger partial charge is 0.0366 e. The number of nitrogens with zero attached hydrogens (tertiary/aromatic N) is 1. The second-order valence-electron chi connectivity index (χ2n) is 5.38. The molecule has 0 aromatic heterocycles. The fourth-order valence-corrected chi connectivity index (χ4v) is 2.16. The number of aryl methyl sites for hydroxylation is 1. The van der Waals surface area contributed by atoms with E-state index in [1.165, 1.54) is 17.7 Å². The van der Waals surface area contributed by atoms with Crippen molar-refractivity contribution in [2.24, 2.45) is 0 Å². The maximum absolute atomic E-state index is 3.59. The van der Waals surface area contributed by atoms with Crippen LogP contribution in [0.4, 0.5) is 5.69 Å². The van der Waals surface area contributed by atoms with E-state index >= 15 is 0 Å². The van der Waals surface area contributed by atoms with Gasteiger partial charge in [0.2, 0.25) is 0 Å². The number of hydrogen-bond donors (Lipinski definition) is 1. The second-order valence-corrected chi connectivity index (χ2v) is 5.38. The van der Waals surface area contributed by atoms with Gasteiger partial charge in [-0.1, -0.05) is 17.7 Å². The number of anilines is 1. The van der Waals surface area contributed by atoms with Crippen LogP contribution in [0.15, 0.2) is 24.3 Å². The zero-order chi connectivity index (χ0) is 11.6. The van der Waals surface area contributed by atoms with Gasteiger partial charge in [-0.3, -0.25) is 0 Å². The molecule has 1 aromatic carbocycles. The lowest BCUT2D eigenvalue weighted by atomic mass is 10.0. The van der Waals surface area contributed by atoms with Crippen molar-refractivity contribution in [1.29, 1.82) is 0 Å². The highest BCUT2D eigenvalue weighted by Crippen LogP contribution is 2.19. The molecular weight excluding hydrogens is 196 g/mol. The van der Waals surface area contributed by atoms with Crippen molar-refractivity contribution in [2.45, 2.75) is 32.7 Å². The van der Waals surface area contributed by atoms with Gasteiger partial charge in [-0.25, -0.2) is 0 Å². The molecule has 0 radical (unpaired) electrons. The topological polar surface area (TPSA) is 15.3 Å². The number of rotatable bonds is 1. The van der Waals surface area contributed by atoms with E-state index in [9.17, 15) is 0 Å². The molecule has 88 valence electrons. The first-order valence-corrected chi connectivity index (χ1v) is 6.13. The van der Waals surface area contributed by atoms with E-state index in [0.29, 0.717) is 0 Å². The van der Waals surface area contributed by atoms with Crippen LogP contribution in [-0.4, -0.2) is 25.2 Å². The van der Waals surface area contributed by atoms with Crippen LogP contribution in [0.2, 0.25) is 0 Å². The van der Waals surface area contributed by atoms with Crippen molar-refractivity contribution >= 4 is 5.69 Å². The molecule has 1 N–H and O–H groups in total. The molecule has 1 saturated heterocycles. The van der Waals surface area contributed by atoms with Gasteiger partial charge in [0.25, 0.3) is 0 Å². The summed E-state index contributed by atoms with van der Waals surface area (Å²) < 4.78 is 0. The normalized spacial score (nSPS) is 20.6. The first-order chi connectivity index (χ1) is 7.57. The standard InChI is InChI=1S/C14H22N2/c1-12-4-6-13(7-5-12)16-10-8-14(2,3)15-9-11-16/h4-7,15H,8-11H2,1-3H3. The average Bonchev–Trinajstić information content (AvgIpc) is 2.41. The lowest BCUT2D eigenvalue weighted by molar-refractivity contribution is 0.394. The molecule has 1 aliphatic heterocycles. The Morgan fingerprint density at radius 1 is 1.12 bits per heavy atom. The Kier molecular flexibility index (Phi) is 3.20. The number of benzene rings is 1. The van der Waals surface area contributed by atoms with Gasteiger partial charge in [-0.15, -0.1) is 0 Å². The Bertz CT molecular complexity index is 340. The van der Waals surface area contributed by atoms with Crippen LogP contribution in [0.1, 0.15) is 25.8 Å². The summed E-state index contributed by atoms with van der Waals surface area (Å²) in [7, 11) is 0. The predicted octanol–water partition coefficient (Wildman–Crippen LogP) is 2.57. The van der Waals surface area contributed by atoms with Crippen molar-refractivity contribution in [3.63, 3.8) is 0 Å². The molecule has 0 bridgehead atoms. The van der Waals surface area contributed by atoms with Crippen LogP contribution in [0.25, 0.3) is 0 Å². The first kappa shape index (κ1) is 11.5. The summed E-state index contributed by atoms with van der Waals surface area (Å²) in [5, 5.41) is 3.59. The summed E-state index contributed by atoms with van der Waals surface area (Å²) in [6.07, 6.45) is 1.20. The largest absolute Gasteiger partial charge is 0.370 e. The molecule has 1 aromatic rings. The molecule has 2 heteroatoms. The van der Waals surface area contributed by atoms with Crippen LogP contribution in [-0.2, 0) is 0 Å². The molecule has 2 nitrogen and oxygen atoms in total. The van der Waals surface area contributed by atoms with Crippen LogP contribution in [0, 0.1) is 6.92 Å².